The van der Waals surface area contributed by atoms with Crippen molar-refractivity contribution in [2.45, 2.75) is 13.0 Å². The Balaban J connectivity index is 1.97. The second-order valence-electron chi connectivity index (χ2n) is 3.68. The molecule has 1 aromatic carbocycles. The lowest BCUT2D eigenvalue weighted by atomic mass is 10.3. The molecule has 1 aliphatic heterocycles. The van der Waals surface area contributed by atoms with Crippen LogP contribution in [0.15, 0.2) is 29.3 Å². The molecule has 0 unspecified atom stereocenters. The van der Waals surface area contributed by atoms with Gasteiger partial charge in [-0.05, 0) is 31.2 Å². The van der Waals surface area contributed by atoms with Crippen molar-refractivity contribution < 1.29 is 9.53 Å². The highest BCUT2D eigenvalue weighted by Gasteiger charge is 2.20. The number of anilines is 1. The number of ether oxygens (including phenoxy) is 1. The number of halogens is 1. The largest absolute Gasteiger partial charge is 0.458 e. The summed E-state index contributed by atoms with van der Waals surface area (Å²) in [5.41, 5.74) is 6.35. The van der Waals surface area contributed by atoms with Crippen molar-refractivity contribution >= 4 is 29.1 Å². The number of amidine groups is 1. The van der Waals surface area contributed by atoms with E-state index in [4.69, 9.17) is 16.3 Å². The third-order valence-corrected chi connectivity index (χ3v) is 2.42. The molecule has 0 amide bonds. The van der Waals surface area contributed by atoms with Crippen LogP contribution in [0.5, 0.6) is 0 Å². The second kappa shape index (κ2) is 5.05. The minimum absolute atomic E-state index is 0.0257. The number of nitrogens with one attached hydrogen (secondary N) is 2. The number of hydrogen-bond donors (Lipinski definition) is 2. The maximum atomic E-state index is 11.3. The van der Waals surface area contributed by atoms with Crippen molar-refractivity contribution in [3.63, 3.8) is 0 Å². The number of carbonyl (C=O) groups excluding carboxylic acids is 1. The number of rotatable bonds is 2. The first-order chi connectivity index (χ1) is 8.15. The average molecular weight is 254 g/mol. The van der Waals surface area contributed by atoms with Gasteiger partial charge in [0.25, 0.3) is 0 Å². The van der Waals surface area contributed by atoms with Crippen LogP contribution in [0.3, 0.4) is 0 Å². The minimum Gasteiger partial charge on any atom is -0.458 e. The molecule has 2 N–H and O–H groups in total. The number of carbonyl (C=O) groups is 1. The first kappa shape index (κ1) is 11.7. The Morgan fingerprint density at radius 2 is 2.06 bits per heavy atom. The van der Waals surface area contributed by atoms with E-state index in [0.29, 0.717) is 11.6 Å². The Kier molecular flexibility index (Phi) is 3.49. The van der Waals surface area contributed by atoms with Gasteiger partial charge in [0.2, 0.25) is 5.84 Å². The van der Waals surface area contributed by atoms with Gasteiger partial charge in [-0.15, -0.1) is 0 Å². The van der Waals surface area contributed by atoms with Gasteiger partial charge >= 0.3 is 5.97 Å². The van der Waals surface area contributed by atoms with E-state index in [1.165, 1.54) is 0 Å². The van der Waals surface area contributed by atoms with Gasteiger partial charge in [-0.1, -0.05) is 11.6 Å². The second-order valence-corrected chi connectivity index (χ2v) is 4.12. The molecule has 0 aromatic heterocycles. The van der Waals surface area contributed by atoms with Crippen molar-refractivity contribution in [3.05, 3.63) is 29.3 Å². The molecule has 1 aromatic rings. The number of nitrogens with zero attached hydrogens (tertiary/aromatic N) is 1. The van der Waals surface area contributed by atoms with Gasteiger partial charge in [-0.3, -0.25) is 15.8 Å². The third-order valence-electron chi connectivity index (χ3n) is 2.17. The van der Waals surface area contributed by atoms with Crippen LogP contribution in [0.1, 0.15) is 6.92 Å². The topological polar surface area (TPSA) is 62.7 Å². The molecule has 5 nitrogen and oxygen atoms in total. The third kappa shape index (κ3) is 3.10. The highest BCUT2D eigenvalue weighted by atomic mass is 35.5. The molecule has 0 aliphatic carbocycles. The first-order valence-electron chi connectivity index (χ1n) is 5.17. The van der Waals surface area contributed by atoms with Crippen molar-refractivity contribution in [1.29, 1.82) is 0 Å². The van der Waals surface area contributed by atoms with Gasteiger partial charge in [-0.25, -0.2) is 4.79 Å². The molecule has 1 atom stereocenters. The summed E-state index contributed by atoms with van der Waals surface area (Å²) >= 11 is 5.76. The van der Waals surface area contributed by atoms with E-state index in [1.807, 2.05) is 6.92 Å². The number of esters is 1. The summed E-state index contributed by atoms with van der Waals surface area (Å²) in [7, 11) is 0. The standard InChI is InChI=1S/C11H12ClN3O2/c1-7-6-17-11(16)10(13-7)15-14-9-4-2-8(12)3-5-9/h2-5,7,14H,6H2,1H3,(H,13,15)/t7-/m1/s1. The van der Waals surface area contributed by atoms with Crippen LogP contribution in [0.4, 0.5) is 5.69 Å². The van der Waals surface area contributed by atoms with Crippen LogP contribution < -0.4 is 10.9 Å². The summed E-state index contributed by atoms with van der Waals surface area (Å²) in [5.74, 6) is -0.275. The molecule has 0 saturated heterocycles. The fourth-order valence-electron chi connectivity index (χ4n) is 1.32. The van der Waals surface area contributed by atoms with E-state index in [0.717, 1.165) is 5.69 Å². The minimum atomic E-state index is -0.454. The van der Waals surface area contributed by atoms with Gasteiger partial charge in [0.1, 0.15) is 6.61 Å². The normalized spacial score (nSPS) is 19.3. The molecule has 1 aliphatic rings. The average Bonchev–Trinajstić information content (AvgIpc) is 2.32. The van der Waals surface area contributed by atoms with E-state index in [1.54, 1.807) is 24.3 Å². The summed E-state index contributed by atoms with van der Waals surface area (Å²) in [6.07, 6.45) is 0. The summed E-state index contributed by atoms with van der Waals surface area (Å²) in [6, 6.07) is 7.04. The Labute approximate surface area is 104 Å². The highest BCUT2D eigenvalue weighted by Crippen LogP contribution is 2.12. The van der Waals surface area contributed by atoms with Crippen molar-refractivity contribution in [2.24, 2.45) is 4.99 Å². The predicted molar refractivity (Wildman–Crippen MR) is 66.1 cm³/mol. The lowest BCUT2D eigenvalue weighted by Crippen LogP contribution is -2.41. The van der Waals surface area contributed by atoms with Crippen molar-refractivity contribution in [3.8, 4) is 0 Å². The molecular weight excluding hydrogens is 242 g/mol. The van der Waals surface area contributed by atoms with Crippen LogP contribution in [0, 0.1) is 0 Å². The van der Waals surface area contributed by atoms with Crippen LogP contribution in [-0.2, 0) is 9.53 Å². The van der Waals surface area contributed by atoms with E-state index in [2.05, 4.69) is 15.8 Å². The molecule has 0 saturated carbocycles. The molecule has 17 heavy (non-hydrogen) atoms. The van der Waals surface area contributed by atoms with Crippen molar-refractivity contribution in [2.75, 3.05) is 12.0 Å². The molecule has 0 fully saturated rings. The lowest BCUT2D eigenvalue weighted by molar-refractivity contribution is -0.137. The molecular formula is C11H12ClN3O2. The van der Waals surface area contributed by atoms with Crippen molar-refractivity contribution in [1.82, 2.24) is 5.43 Å². The number of cyclic esters (lactones) is 1. The number of benzene rings is 1. The quantitative estimate of drug-likeness (QED) is 0.621. The summed E-state index contributed by atoms with van der Waals surface area (Å²) < 4.78 is 4.92. The molecule has 0 spiro atoms. The molecule has 2 rings (SSSR count). The molecule has 1 heterocycles. The first-order valence-corrected chi connectivity index (χ1v) is 5.55. The molecule has 90 valence electrons. The van der Waals surface area contributed by atoms with Crippen LogP contribution in [0.25, 0.3) is 0 Å². The fraction of sp³-hybridized carbons (Fsp3) is 0.273. The highest BCUT2D eigenvalue weighted by molar-refractivity contribution is 6.36. The Bertz CT molecular complexity index is 445. The Morgan fingerprint density at radius 1 is 1.35 bits per heavy atom. The molecule has 0 radical (unpaired) electrons. The maximum Gasteiger partial charge on any atom is 0.375 e. The van der Waals surface area contributed by atoms with Crippen LogP contribution >= 0.6 is 11.6 Å². The summed E-state index contributed by atoms with van der Waals surface area (Å²) in [4.78, 5) is 15.5. The smallest absolute Gasteiger partial charge is 0.375 e. The van der Waals surface area contributed by atoms with Gasteiger partial charge in [0.05, 0.1) is 11.7 Å². The van der Waals surface area contributed by atoms with Gasteiger partial charge in [0.15, 0.2) is 0 Å². The van der Waals surface area contributed by atoms with Crippen LogP contribution in [-0.4, -0.2) is 24.5 Å². The predicted octanol–water partition coefficient (Wildman–Crippen LogP) is 1.60. The van der Waals surface area contributed by atoms with E-state index in [9.17, 15) is 4.79 Å². The zero-order valence-corrected chi connectivity index (χ0v) is 9.99. The SMILES string of the molecule is C[C@@H]1COC(=O)C(NNc2ccc(Cl)cc2)=N1. The van der Waals surface area contributed by atoms with E-state index >= 15 is 0 Å². The molecule has 6 heteroatoms. The lowest BCUT2D eigenvalue weighted by Gasteiger charge is -2.18. The Hall–Kier alpha value is -1.75. The maximum absolute atomic E-state index is 11.3. The molecule has 0 bridgehead atoms. The summed E-state index contributed by atoms with van der Waals surface area (Å²) in [5, 5.41) is 0.651. The van der Waals surface area contributed by atoms with E-state index in [-0.39, 0.29) is 11.9 Å². The van der Waals surface area contributed by atoms with Crippen LogP contribution in [0.2, 0.25) is 5.02 Å². The van der Waals surface area contributed by atoms with Gasteiger partial charge in [-0.2, -0.15) is 0 Å². The zero-order valence-electron chi connectivity index (χ0n) is 9.24. The number of hydrogen-bond acceptors (Lipinski definition) is 5. The summed E-state index contributed by atoms with van der Waals surface area (Å²) in [6.45, 7) is 2.20. The Morgan fingerprint density at radius 3 is 2.76 bits per heavy atom. The zero-order chi connectivity index (χ0) is 12.3. The number of aliphatic imine (C=N–C) groups is 1. The monoisotopic (exact) mass is 253 g/mol. The van der Waals surface area contributed by atoms with E-state index < -0.39 is 5.97 Å². The van der Waals surface area contributed by atoms with Gasteiger partial charge in [0, 0.05) is 5.02 Å². The number of hydrazine groups is 1. The fourth-order valence-corrected chi connectivity index (χ4v) is 1.45. The van der Waals surface area contributed by atoms with Gasteiger partial charge < -0.3 is 4.74 Å².